The number of benzene rings is 2. The van der Waals surface area contributed by atoms with Gasteiger partial charge in [-0.15, -0.1) is 0 Å². The molecule has 32 heavy (non-hydrogen) atoms. The minimum Gasteiger partial charge on any atom is -0.369 e. The van der Waals surface area contributed by atoms with E-state index in [4.69, 9.17) is 0 Å². The molecule has 1 aliphatic heterocycles. The molecule has 0 saturated carbocycles. The van der Waals surface area contributed by atoms with E-state index in [-0.39, 0.29) is 5.91 Å². The molecule has 0 spiro atoms. The van der Waals surface area contributed by atoms with Crippen LogP contribution in [-0.4, -0.2) is 59.0 Å². The van der Waals surface area contributed by atoms with Crippen LogP contribution in [0.2, 0.25) is 0 Å². The highest BCUT2D eigenvalue weighted by molar-refractivity contribution is 5.92. The van der Waals surface area contributed by atoms with Crippen molar-refractivity contribution in [2.45, 2.75) is 6.54 Å². The third kappa shape index (κ3) is 4.33. The maximum Gasteiger partial charge on any atom is 0.270 e. The summed E-state index contributed by atoms with van der Waals surface area (Å²) in [6.07, 6.45) is 0. The normalized spacial score (nSPS) is 14.6. The largest absolute Gasteiger partial charge is 0.369 e. The van der Waals surface area contributed by atoms with Gasteiger partial charge >= 0.3 is 0 Å². The van der Waals surface area contributed by atoms with E-state index in [0.717, 1.165) is 54.3 Å². The lowest BCUT2D eigenvalue weighted by Crippen LogP contribution is -2.44. The number of anilines is 1. The molecular weight excluding hydrogens is 400 g/mol. The summed E-state index contributed by atoms with van der Waals surface area (Å²) in [6.45, 7) is 4.55. The second kappa shape index (κ2) is 8.80. The number of para-hydroxylation sites is 2. The number of carbonyl (C=O) groups excluding carboxylic acids is 1. The number of pyridine rings is 1. The molecule has 0 atom stereocenters. The predicted molar refractivity (Wildman–Crippen MR) is 127 cm³/mol. The number of rotatable bonds is 5. The van der Waals surface area contributed by atoms with Gasteiger partial charge in [0, 0.05) is 37.4 Å². The molecule has 0 radical (unpaired) electrons. The number of carbonyl (C=O) groups is 1. The summed E-state index contributed by atoms with van der Waals surface area (Å²) in [4.78, 5) is 29.7. The molecule has 162 valence electrons. The number of nitrogens with zero attached hydrogens (tertiary/aromatic N) is 4. The Balaban J connectivity index is 1.26. The third-order valence-corrected chi connectivity index (χ3v) is 5.87. The first-order valence-electron chi connectivity index (χ1n) is 10.9. The van der Waals surface area contributed by atoms with Gasteiger partial charge in [0.15, 0.2) is 0 Å². The van der Waals surface area contributed by atoms with E-state index in [1.165, 1.54) is 5.69 Å². The second-order valence-electron chi connectivity index (χ2n) is 8.13. The lowest BCUT2D eigenvalue weighted by atomic mass is 10.1. The Morgan fingerprint density at radius 2 is 1.72 bits per heavy atom. The molecule has 1 saturated heterocycles. The summed E-state index contributed by atoms with van der Waals surface area (Å²) in [6, 6.07) is 21.8. The fraction of sp³-hybridized carbons (Fsp3) is 0.240. The molecule has 2 aromatic carbocycles. The number of likely N-dealkylation sites (N-methyl/N-ethyl adjacent to an activating group) is 1. The van der Waals surface area contributed by atoms with E-state index >= 15 is 0 Å². The number of aromatic nitrogens is 3. The van der Waals surface area contributed by atoms with Crippen molar-refractivity contribution in [3.8, 4) is 11.3 Å². The highest BCUT2D eigenvalue weighted by atomic mass is 16.1. The molecule has 1 fully saturated rings. The Morgan fingerprint density at radius 3 is 2.50 bits per heavy atom. The van der Waals surface area contributed by atoms with Gasteiger partial charge in [-0.25, -0.2) is 9.97 Å². The molecule has 4 aromatic rings. The topological polar surface area (TPSA) is 77.1 Å². The van der Waals surface area contributed by atoms with E-state index in [1.54, 1.807) is 6.07 Å². The van der Waals surface area contributed by atoms with Crippen LogP contribution < -0.4 is 10.2 Å². The highest BCUT2D eigenvalue weighted by Crippen LogP contribution is 2.23. The average molecular weight is 427 g/mol. The molecule has 1 aliphatic rings. The zero-order chi connectivity index (χ0) is 21.9. The summed E-state index contributed by atoms with van der Waals surface area (Å²) in [7, 11) is 2.16. The monoisotopic (exact) mass is 426 g/mol. The Kier molecular flexibility index (Phi) is 5.56. The maximum atomic E-state index is 12.7. The minimum atomic E-state index is -0.221. The van der Waals surface area contributed by atoms with Crippen molar-refractivity contribution < 1.29 is 4.79 Å². The van der Waals surface area contributed by atoms with Gasteiger partial charge in [0.25, 0.3) is 5.91 Å². The molecular formula is C25H26N6O. The van der Waals surface area contributed by atoms with Crippen molar-refractivity contribution in [3.05, 3.63) is 78.2 Å². The third-order valence-electron chi connectivity index (χ3n) is 5.87. The average Bonchev–Trinajstić information content (AvgIpc) is 3.26. The minimum absolute atomic E-state index is 0.221. The van der Waals surface area contributed by atoms with Crippen LogP contribution >= 0.6 is 0 Å². The Bertz CT molecular complexity index is 1190. The summed E-state index contributed by atoms with van der Waals surface area (Å²) >= 11 is 0. The van der Waals surface area contributed by atoms with Crippen LogP contribution in [0.1, 0.15) is 16.3 Å². The number of fused-ring (bicyclic) bond motifs is 1. The number of hydrogen-bond acceptors (Lipinski definition) is 5. The van der Waals surface area contributed by atoms with Crippen molar-refractivity contribution in [2.24, 2.45) is 0 Å². The van der Waals surface area contributed by atoms with E-state index in [9.17, 15) is 4.79 Å². The lowest BCUT2D eigenvalue weighted by molar-refractivity contribution is 0.0945. The van der Waals surface area contributed by atoms with Gasteiger partial charge in [-0.05, 0) is 43.4 Å². The van der Waals surface area contributed by atoms with Crippen LogP contribution in [0.5, 0.6) is 0 Å². The van der Waals surface area contributed by atoms with Crippen molar-refractivity contribution in [3.63, 3.8) is 0 Å². The van der Waals surface area contributed by atoms with Gasteiger partial charge in [-0.3, -0.25) is 4.79 Å². The molecule has 0 unspecified atom stereocenters. The van der Waals surface area contributed by atoms with Crippen LogP contribution in [0.15, 0.2) is 66.7 Å². The summed E-state index contributed by atoms with van der Waals surface area (Å²) in [5, 5.41) is 2.90. The molecule has 7 heteroatoms. The fourth-order valence-electron chi connectivity index (χ4n) is 3.97. The van der Waals surface area contributed by atoms with E-state index in [0.29, 0.717) is 12.2 Å². The zero-order valence-electron chi connectivity index (χ0n) is 18.1. The first-order valence-corrected chi connectivity index (χ1v) is 10.9. The standard InChI is InChI=1S/C25H26N6O/c1-30-13-15-31(16-14-30)19-11-9-18(10-12-19)20-7-4-8-23(27-20)25(32)26-17-24-28-21-5-2-3-6-22(21)29-24/h2-12H,13-17H2,1H3,(H,26,32)(H,28,29). The fourth-order valence-corrected chi connectivity index (χ4v) is 3.97. The van der Waals surface area contributed by atoms with Crippen LogP contribution in [0.25, 0.3) is 22.3 Å². The molecule has 1 amide bonds. The number of amides is 1. The molecule has 5 rings (SSSR count). The van der Waals surface area contributed by atoms with Crippen LogP contribution in [-0.2, 0) is 6.54 Å². The first kappa shape index (κ1) is 20.2. The summed E-state index contributed by atoms with van der Waals surface area (Å²) < 4.78 is 0. The van der Waals surface area contributed by atoms with E-state index in [2.05, 4.69) is 61.4 Å². The number of imidazole rings is 1. The second-order valence-corrected chi connectivity index (χ2v) is 8.13. The van der Waals surface area contributed by atoms with Crippen molar-refractivity contribution in [1.82, 2.24) is 25.2 Å². The van der Waals surface area contributed by atoms with Crippen LogP contribution in [0, 0.1) is 0 Å². The maximum absolute atomic E-state index is 12.7. The van der Waals surface area contributed by atoms with E-state index in [1.807, 2.05) is 36.4 Å². The van der Waals surface area contributed by atoms with Gasteiger partial charge in [-0.1, -0.05) is 30.3 Å². The van der Waals surface area contributed by atoms with Crippen molar-refractivity contribution >= 4 is 22.6 Å². The van der Waals surface area contributed by atoms with Crippen LogP contribution in [0.3, 0.4) is 0 Å². The molecule has 0 bridgehead atoms. The zero-order valence-corrected chi connectivity index (χ0v) is 18.1. The number of hydrogen-bond donors (Lipinski definition) is 2. The lowest BCUT2D eigenvalue weighted by Gasteiger charge is -2.34. The quantitative estimate of drug-likeness (QED) is 0.512. The summed E-state index contributed by atoms with van der Waals surface area (Å²) in [5.41, 5.74) is 5.23. The SMILES string of the molecule is CN1CCN(c2ccc(-c3cccc(C(=O)NCc4nc5ccccc5[nH]4)n3)cc2)CC1. The Labute approximate surface area is 187 Å². The van der Waals surface area contributed by atoms with Gasteiger partial charge in [0.05, 0.1) is 23.3 Å². The number of aromatic amines is 1. The van der Waals surface area contributed by atoms with Gasteiger partial charge in [0.2, 0.25) is 0 Å². The predicted octanol–water partition coefficient (Wildman–Crippen LogP) is 3.31. The van der Waals surface area contributed by atoms with E-state index < -0.39 is 0 Å². The highest BCUT2D eigenvalue weighted by Gasteiger charge is 2.15. The van der Waals surface area contributed by atoms with Gasteiger partial charge in [0.1, 0.15) is 11.5 Å². The number of piperazine rings is 1. The van der Waals surface area contributed by atoms with Crippen molar-refractivity contribution in [1.29, 1.82) is 0 Å². The summed E-state index contributed by atoms with van der Waals surface area (Å²) in [5.74, 6) is 0.497. The Morgan fingerprint density at radius 1 is 0.938 bits per heavy atom. The molecule has 0 aliphatic carbocycles. The molecule has 3 heterocycles. The smallest absolute Gasteiger partial charge is 0.270 e. The number of H-pyrrole nitrogens is 1. The van der Waals surface area contributed by atoms with Crippen molar-refractivity contribution in [2.75, 3.05) is 38.1 Å². The van der Waals surface area contributed by atoms with Gasteiger partial charge < -0.3 is 20.1 Å². The molecule has 2 N–H and O–H groups in total. The molecule has 2 aromatic heterocycles. The first-order chi connectivity index (χ1) is 15.7. The Hall–Kier alpha value is -3.71. The van der Waals surface area contributed by atoms with Gasteiger partial charge in [-0.2, -0.15) is 0 Å². The molecule has 7 nitrogen and oxygen atoms in total. The number of nitrogens with one attached hydrogen (secondary N) is 2. The van der Waals surface area contributed by atoms with Crippen LogP contribution in [0.4, 0.5) is 5.69 Å².